The van der Waals surface area contributed by atoms with Crippen molar-refractivity contribution >= 4 is 27.9 Å². The topological polar surface area (TPSA) is 62.1 Å². The van der Waals surface area contributed by atoms with Gasteiger partial charge in [0.15, 0.2) is 0 Å². The maximum Gasteiger partial charge on any atom is 0.257 e. The number of piperidine rings is 1. The zero-order valence-corrected chi connectivity index (χ0v) is 14.6. The summed E-state index contributed by atoms with van der Waals surface area (Å²) in [6.07, 6.45) is 3.19. The van der Waals surface area contributed by atoms with Crippen LogP contribution in [0.4, 0.5) is 4.39 Å². The first-order valence-electron chi connectivity index (χ1n) is 9.10. The highest BCUT2D eigenvalue weighted by Crippen LogP contribution is 2.30. The number of imidazole rings is 1. The van der Waals surface area contributed by atoms with Crippen molar-refractivity contribution in [1.82, 2.24) is 14.9 Å². The fraction of sp³-hybridized carbons (Fsp3) is 0.238. The maximum absolute atomic E-state index is 13.4. The number of aromatic nitrogens is 2. The van der Waals surface area contributed by atoms with Crippen molar-refractivity contribution < 1.29 is 13.6 Å². The molecular formula is C21H18FN3O2. The molecule has 0 radical (unpaired) electrons. The second-order valence-corrected chi connectivity index (χ2v) is 7.00. The number of likely N-dealkylation sites (tertiary alicyclic amines) is 1. The number of nitrogens with zero attached hydrogens (tertiary/aromatic N) is 2. The van der Waals surface area contributed by atoms with E-state index in [-0.39, 0.29) is 17.6 Å². The molecular weight excluding hydrogens is 345 g/mol. The zero-order valence-electron chi connectivity index (χ0n) is 14.6. The summed E-state index contributed by atoms with van der Waals surface area (Å²) >= 11 is 0. The highest BCUT2D eigenvalue weighted by Gasteiger charge is 2.27. The number of rotatable bonds is 2. The first kappa shape index (κ1) is 16.1. The van der Waals surface area contributed by atoms with Crippen LogP contribution in [0.3, 0.4) is 0 Å². The van der Waals surface area contributed by atoms with Gasteiger partial charge in [0, 0.05) is 24.4 Å². The number of benzene rings is 2. The van der Waals surface area contributed by atoms with Gasteiger partial charge in [-0.05, 0) is 37.1 Å². The number of hydrogen-bond acceptors (Lipinski definition) is 3. The Balaban J connectivity index is 1.32. The van der Waals surface area contributed by atoms with E-state index < -0.39 is 0 Å². The van der Waals surface area contributed by atoms with E-state index in [4.69, 9.17) is 4.42 Å². The standard InChI is InChI=1S/C21H18FN3O2/c22-14-5-6-17-18(11-14)24-20(23-17)13-7-9-25(10-8-13)21(26)16-12-27-19-4-2-1-3-15(16)19/h1-6,11-13H,7-10H2,(H,23,24). The number of nitrogens with one attached hydrogen (secondary N) is 1. The van der Waals surface area contributed by atoms with Gasteiger partial charge in [0.2, 0.25) is 0 Å². The predicted molar refractivity (Wildman–Crippen MR) is 100 cm³/mol. The molecule has 0 aliphatic carbocycles. The number of H-pyrrole nitrogens is 1. The highest BCUT2D eigenvalue weighted by atomic mass is 19.1. The Kier molecular flexibility index (Phi) is 3.70. The van der Waals surface area contributed by atoms with Gasteiger partial charge >= 0.3 is 0 Å². The Morgan fingerprint density at radius 2 is 2.00 bits per heavy atom. The molecule has 0 bridgehead atoms. The van der Waals surface area contributed by atoms with Gasteiger partial charge in [0.1, 0.15) is 23.5 Å². The number of hydrogen-bond donors (Lipinski definition) is 1. The number of carbonyl (C=O) groups is 1. The van der Waals surface area contributed by atoms with E-state index in [0.717, 1.165) is 35.2 Å². The van der Waals surface area contributed by atoms with Gasteiger partial charge in [-0.3, -0.25) is 4.79 Å². The summed E-state index contributed by atoms with van der Waals surface area (Å²) in [4.78, 5) is 22.6. The van der Waals surface area contributed by atoms with E-state index >= 15 is 0 Å². The van der Waals surface area contributed by atoms with Crippen molar-refractivity contribution in [3.63, 3.8) is 0 Å². The molecule has 1 saturated heterocycles. The summed E-state index contributed by atoms with van der Waals surface area (Å²) in [6.45, 7) is 1.32. The molecule has 0 spiro atoms. The summed E-state index contributed by atoms with van der Waals surface area (Å²) in [7, 11) is 0. The van der Waals surface area contributed by atoms with Crippen LogP contribution in [0.25, 0.3) is 22.0 Å². The van der Waals surface area contributed by atoms with Gasteiger partial charge in [0.05, 0.1) is 16.6 Å². The predicted octanol–water partition coefficient (Wildman–Crippen LogP) is 4.47. The average molecular weight is 363 g/mol. The van der Waals surface area contributed by atoms with Crippen LogP contribution in [0.2, 0.25) is 0 Å². The largest absolute Gasteiger partial charge is 0.463 e. The molecule has 3 heterocycles. The van der Waals surface area contributed by atoms with Crippen LogP contribution in [-0.4, -0.2) is 33.9 Å². The van der Waals surface area contributed by atoms with Crippen LogP contribution in [0.5, 0.6) is 0 Å². The fourth-order valence-corrected chi connectivity index (χ4v) is 3.86. The normalized spacial score (nSPS) is 15.7. The monoisotopic (exact) mass is 363 g/mol. The van der Waals surface area contributed by atoms with E-state index in [1.807, 2.05) is 29.2 Å². The van der Waals surface area contributed by atoms with Crippen molar-refractivity contribution in [3.05, 3.63) is 65.9 Å². The van der Waals surface area contributed by atoms with Crippen LogP contribution in [-0.2, 0) is 0 Å². The molecule has 4 aromatic rings. The van der Waals surface area contributed by atoms with Crippen molar-refractivity contribution in [2.45, 2.75) is 18.8 Å². The number of aromatic amines is 1. The number of fused-ring (bicyclic) bond motifs is 2. The van der Waals surface area contributed by atoms with Crippen LogP contribution < -0.4 is 0 Å². The average Bonchev–Trinajstić information content (AvgIpc) is 3.31. The van der Waals surface area contributed by atoms with Crippen LogP contribution in [0.15, 0.2) is 53.1 Å². The Labute approximate surface area is 154 Å². The van der Waals surface area contributed by atoms with E-state index in [0.29, 0.717) is 24.2 Å². The number of furan rings is 1. The Bertz CT molecular complexity index is 1140. The van der Waals surface area contributed by atoms with Gasteiger partial charge in [-0.2, -0.15) is 0 Å². The van der Waals surface area contributed by atoms with Crippen LogP contribution in [0, 0.1) is 5.82 Å². The zero-order chi connectivity index (χ0) is 18.4. The van der Waals surface area contributed by atoms with E-state index in [9.17, 15) is 9.18 Å². The lowest BCUT2D eigenvalue weighted by Crippen LogP contribution is -2.38. The Hall–Kier alpha value is -3.15. The molecule has 2 aromatic carbocycles. The van der Waals surface area contributed by atoms with Crippen LogP contribution >= 0.6 is 0 Å². The fourth-order valence-electron chi connectivity index (χ4n) is 3.86. The maximum atomic E-state index is 13.4. The molecule has 0 unspecified atom stereocenters. The SMILES string of the molecule is O=C(c1coc2ccccc12)N1CCC(c2nc3ccc(F)cc3[nH]2)CC1. The Morgan fingerprint density at radius 1 is 1.19 bits per heavy atom. The quantitative estimate of drug-likeness (QED) is 0.572. The minimum Gasteiger partial charge on any atom is -0.463 e. The van der Waals surface area contributed by atoms with E-state index in [2.05, 4.69) is 9.97 Å². The van der Waals surface area contributed by atoms with Gasteiger partial charge in [-0.25, -0.2) is 9.37 Å². The Morgan fingerprint density at radius 3 is 2.85 bits per heavy atom. The van der Waals surface area contributed by atoms with Crippen molar-refractivity contribution in [2.75, 3.05) is 13.1 Å². The summed E-state index contributed by atoms with van der Waals surface area (Å²) in [5, 5.41) is 0.851. The first-order chi connectivity index (χ1) is 13.2. The third-order valence-electron chi connectivity index (χ3n) is 5.34. The summed E-state index contributed by atoms with van der Waals surface area (Å²) in [6, 6.07) is 12.1. The summed E-state index contributed by atoms with van der Waals surface area (Å²) in [5.41, 5.74) is 2.83. The van der Waals surface area contributed by atoms with Gasteiger partial charge < -0.3 is 14.3 Å². The molecule has 1 amide bonds. The molecule has 1 N–H and O–H groups in total. The molecule has 1 fully saturated rings. The third kappa shape index (κ3) is 2.77. The molecule has 1 aliphatic rings. The molecule has 5 rings (SSSR count). The van der Waals surface area contributed by atoms with E-state index in [1.54, 1.807) is 12.3 Å². The molecule has 136 valence electrons. The number of para-hydroxylation sites is 1. The molecule has 2 aromatic heterocycles. The van der Waals surface area contributed by atoms with Crippen molar-refractivity contribution in [2.24, 2.45) is 0 Å². The first-order valence-corrected chi connectivity index (χ1v) is 9.10. The van der Waals surface area contributed by atoms with E-state index in [1.165, 1.54) is 12.1 Å². The highest BCUT2D eigenvalue weighted by molar-refractivity contribution is 6.05. The lowest BCUT2D eigenvalue weighted by Gasteiger charge is -2.31. The molecule has 0 saturated carbocycles. The molecule has 6 heteroatoms. The molecule has 5 nitrogen and oxygen atoms in total. The summed E-state index contributed by atoms with van der Waals surface area (Å²) in [5.74, 6) is 0.845. The number of carbonyl (C=O) groups excluding carboxylic acids is 1. The van der Waals surface area contributed by atoms with Crippen molar-refractivity contribution in [3.8, 4) is 0 Å². The van der Waals surface area contributed by atoms with Gasteiger partial charge in [0.25, 0.3) is 5.91 Å². The minimum atomic E-state index is -0.273. The smallest absolute Gasteiger partial charge is 0.257 e. The molecule has 1 aliphatic heterocycles. The second kappa shape index (κ2) is 6.23. The lowest BCUT2D eigenvalue weighted by atomic mass is 9.95. The second-order valence-electron chi connectivity index (χ2n) is 7.00. The van der Waals surface area contributed by atoms with Crippen molar-refractivity contribution in [1.29, 1.82) is 0 Å². The summed E-state index contributed by atoms with van der Waals surface area (Å²) < 4.78 is 18.9. The third-order valence-corrected chi connectivity index (χ3v) is 5.34. The molecule has 0 atom stereocenters. The number of amides is 1. The number of halogens is 1. The van der Waals surface area contributed by atoms with Crippen LogP contribution in [0.1, 0.15) is 34.9 Å². The molecule has 27 heavy (non-hydrogen) atoms. The lowest BCUT2D eigenvalue weighted by molar-refractivity contribution is 0.0712. The minimum absolute atomic E-state index is 0.00470. The van der Waals surface area contributed by atoms with Gasteiger partial charge in [-0.1, -0.05) is 18.2 Å². The van der Waals surface area contributed by atoms with Gasteiger partial charge in [-0.15, -0.1) is 0 Å².